The van der Waals surface area contributed by atoms with Gasteiger partial charge in [0.15, 0.2) is 0 Å². The second-order valence-electron chi connectivity index (χ2n) is 5.82. The van der Waals surface area contributed by atoms with Gasteiger partial charge in [-0.15, -0.1) is 12.4 Å². The maximum Gasteiger partial charge on any atom is 0.271 e. The van der Waals surface area contributed by atoms with Crippen LogP contribution in [0.15, 0.2) is 64.8 Å². The number of halogens is 1. The van der Waals surface area contributed by atoms with Gasteiger partial charge in [0.05, 0.1) is 15.5 Å². The molecule has 8 nitrogen and oxygen atoms in total. The Morgan fingerprint density at radius 3 is 2.33 bits per heavy atom. The van der Waals surface area contributed by atoms with Crippen molar-refractivity contribution in [2.45, 2.75) is 13.3 Å². The summed E-state index contributed by atoms with van der Waals surface area (Å²) in [5, 5.41) is 21.8. The van der Waals surface area contributed by atoms with Crippen LogP contribution >= 0.6 is 12.4 Å². The third-order valence-electron chi connectivity index (χ3n) is 4.24. The number of non-ortho nitro benzene ring substituents is 2. The number of anilines is 1. The van der Waals surface area contributed by atoms with E-state index in [1.807, 2.05) is 17.9 Å². The zero-order valence-corrected chi connectivity index (χ0v) is 15.3. The highest BCUT2D eigenvalue weighted by molar-refractivity contribution is 5.85. The Hall–Kier alpha value is -3.26. The lowest BCUT2D eigenvalue weighted by Crippen LogP contribution is -2.16. The van der Waals surface area contributed by atoms with Crippen molar-refractivity contribution in [1.82, 2.24) is 0 Å². The molecule has 140 valence electrons. The quantitative estimate of drug-likeness (QED) is 0.415. The van der Waals surface area contributed by atoms with Crippen LogP contribution in [-0.2, 0) is 0 Å². The van der Waals surface area contributed by atoms with Gasteiger partial charge in [-0.3, -0.25) is 25.2 Å². The van der Waals surface area contributed by atoms with E-state index < -0.39 is 9.85 Å². The summed E-state index contributed by atoms with van der Waals surface area (Å²) in [6.07, 6.45) is 2.44. The predicted molar refractivity (Wildman–Crippen MR) is 106 cm³/mol. The van der Waals surface area contributed by atoms with Gasteiger partial charge < -0.3 is 4.90 Å². The molecule has 0 radical (unpaired) electrons. The monoisotopic (exact) mass is 388 g/mol. The SMILES string of the molecule is CC1=C(C=Nc2cccc([N+](=O)[O-])c2)CCN1c1cccc([N+](=O)[O-])c1.Cl. The van der Waals surface area contributed by atoms with Crippen LogP contribution in [-0.4, -0.2) is 22.6 Å². The van der Waals surface area contributed by atoms with Crippen LogP contribution in [0.25, 0.3) is 0 Å². The van der Waals surface area contributed by atoms with Crippen molar-refractivity contribution in [1.29, 1.82) is 0 Å². The minimum absolute atomic E-state index is 0. The van der Waals surface area contributed by atoms with Gasteiger partial charge >= 0.3 is 0 Å². The van der Waals surface area contributed by atoms with Crippen LogP contribution in [0.1, 0.15) is 13.3 Å². The normalized spacial score (nSPS) is 13.7. The van der Waals surface area contributed by atoms with E-state index in [0.717, 1.165) is 23.4 Å². The third kappa shape index (κ3) is 4.48. The molecule has 1 aliphatic rings. The van der Waals surface area contributed by atoms with E-state index in [9.17, 15) is 20.2 Å². The van der Waals surface area contributed by atoms with Gasteiger partial charge in [-0.05, 0) is 31.1 Å². The number of hydrogen-bond acceptors (Lipinski definition) is 6. The number of hydrogen-bond donors (Lipinski definition) is 0. The van der Waals surface area contributed by atoms with Crippen molar-refractivity contribution in [3.05, 3.63) is 80.0 Å². The zero-order valence-electron chi connectivity index (χ0n) is 14.4. The van der Waals surface area contributed by atoms with E-state index >= 15 is 0 Å². The van der Waals surface area contributed by atoms with Gasteiger partial charge in [0.2, 0.25) is 0 Å². The van der Waals surface area contributed by atoms with Gasteiger partial charge in [0, 0.05) is 48.4 Å². The average Bonchev–Trinajstić information content (AvgIpc) is 3.01. The van der Waals surface area contributed by atoms with Crippen LogP contribution in [0.3, 0.4) is 0 Å². The maximum absolute atomic E-state index is 11.0. The Morgan fingerprint density at radius 1 is 1.04 bits per heavy atom. The van der Waals surface area contributed by atoms with Crippen molar-refractivity contribution < 1.29 is 9.85 Å². The fourth-order valence-electron chi connectivity index (χ4n) is 2.85. The molecule has 0 aromatic heterocycles. The number of nitrogens with zero attached hydrogens (tertiary/aromatic N) is 4. The van der Waals surface area contributed by atoms with Crippen molar-refractivity contribution in [2.24, 2.45) is 4.99 Å². The molecular formula is C18H17ClN4O4. The minimum Gasteiger partial charge on any atom is -0.345 e. The van der Waals surface area contributed by atoms with Gasteiger partial charge in [-0.1, -0.05) is 12.1 Å². The predicted octanol–water partition coefficient (Wildman–Crippen LogP) is 4.81. The molecule has 0 saturated carbocycles. The summed E-state index contributed by atoms with van der Waals surface area (Å²) in [4.78, 5) is 27.3. The van der Waals surface area contributed by atoms with Crippen molar-refractivity contribution in [3.8, 4) is 0 Å². The van der Waals surface area contributed by atoms with Crippen LogP contribution in [0, 0.1) is 20.2 Å². The summed E-state index contributed by atoms with van der Waals surface area (Å²) >= 11 is 0. The molecule has 1 heterocycles. The first-order valence-corrected chi connectivity index (χ1v) is 7.96. The number of benzene rings is 2. The summed E-state index contributed by atoms with van der Waals surface area (Å²) in [6.45, 7) is 2.63. The highest BCUT2D eigenvalue weighted by Crippen LogP contribution is 2.30. The molecule has 0 spiro atoms. The van der Waals surface area contributed by atoms with Crippen LogP contribution in [0.4, 0.5) is 22.7 Å². The average molecular weight is 389 g/mol. The molecule has 0 N–H and O–H groups in total. The van der Waals surface area contributed by atoms with Gasteiger partial charge in [0.1, 0.15) is 0 Å². The number of aliphatic imine (C=N–C) groups is 1. The highest BCUT2D eigenvalue weighted by atomic mass is 35.5. The first-order chi connectivity index (χ1) is 12.5. The van der Waals surface area contributed by atoms with Crippen molar-refractivity contribution in [2.75, 3.05) is 11.4 Å². The highest BCUT2D eigenvalue weighted by Gasteiger charge is 2.20. The molecule has 1 aliphatic heterocycles. The van der Waals surface area contributed by atoms with Gasteiger partial charge in [0.25, 0.3) is 11.4 Å². The molecule has 0 bridgehead atoms. The van der Waals surface area contributed by atoms with E-state index in [4.69, 9.17) is 0 Å². The van der Waals surface area contributed by atoms with E-state index in [0.29, 0.717) is 12.2 Å². The molecule has 0 amide bonds. The molecule has 9 heteroatoms. The molecule has 0 atom stereocenters. The second-order valence-corrected chi connectivity index (χ2v) is 5.82. The van der Waals surface area contributed by atoms with Crippen LogP contribution in [0.2, 0.25) is 0 Å². The van der Waals surface area contributed by atoms with Crippen molar-refractivity contribution in [3.63, 3.8) is 0 Å². The van der Waals surface area contributed by atoms with Crippen LogP contribution < -0.4 is 4.90 Å². The summed E-state index contributed by atoms with van der Waals surface area (Å²) in [5.74, 6) is 0. The molecule has 0 fully saturated rings. The smallest absolute Gasteiger partial charge is 0.271 e. The number of allylic oxidation sites excluding steroid dienone is 1. The first kappa shape index (κ1) is 20.1. The summed E-state index contributed by atoms with van der Waals surface area (Å²) < 4.78 is 0. The molecular weight excluding hydrogens is 372 g/mol. The van der Waals surface area contributed by atoms with Gasteiger partial charge in [-0.25, -0.2) is 0 Å². The maximum atomic E-state index is 11.0. The topological polar surface area (TPSA) is 102 Å². The lowest BCUT2D eigenvalue weighted by molar-refractivity contribution is -0.385. The molecule has 0 unspecified atom stereocenters. The Kier molecular flexibility index (Phi) is 6.25. The number of rotatable bonds is 5. The van der Waals surface area contributed by atoms with E-state index in [1.54, 1.807) is 30.5 Å². The first-order valence-electron chi connectivity index (χ1n) is 7.96. The van der Waals surface area contributed by atoms with E-state index in [1.165, 1.54) is 18.2 Å². The number of nitro benzene ring substituents is 2. The Labute approximate surface area is 161 Å². The number of nitro groups is 2. The Morgan fingerprint density at radius 2 is 1.67 bits per heavy atom. The van der Waals surface area contributed by atoms with Gasteiger partial charge in [-0.2, -0.15) is 0 Å². The molecule has 2 aromatic rings. The molecule has 0 saturated heterocycles. The fourth-order valence-corrected chi connectivity index (χ4v) is 2.85. The van der Waals surface area contributed by atoms with E-state index in [-0.39, 0.29) is 23.8 Å². The molecule has 2 aromatic carbocycles. The Bertz CT molecular complexity index is 942. The lowest BCUT2D eigenvalue weighted by atomic mass is 10.2. The fraction of sp³-hybridized carbons (Fsp3) is 0.167. The standard InChI is InChI=1S/C18H16N4O4.ClH/c1-13-14(12-19-15-4-2-6-17(10-15)21(23)24)8-9-20(13)16-5-3-7-18(11-16)22(25)26;/h2-7,10-12H,8-9H2,1H3;1H. The summed E-state index contributed by atoms with van der Waals surface area (Å²) in [5.41, 5.74) is 3.26. The Balaban J connectivity index is 0.00000261. The second kappa shape index (κ2) is 8.41. The largest absolute Gasteiger partial charge is 0.345 e. The molecule has 27 heavy (non-hydrogen) atoms. The molecule has 3 rings (SSSR count). The zero-order chi connectivity index (χ0) is 18.7. The minimum atomic E-state index is -0.455. The summed E-state index contributed by atoms with van der Waals surface area (Å²) in [6, 6.07) is 12.6. The van der Waals surface area contributed by atoms with Crippen LogP contribution in [0.5, 0.6) is 0 Å². The summed E-state index contributed by atoms with van der Waals surface area (Å²) in [7, 11) is 0. The van der Waals surface area contributed by atoms with E-state index in [2.05, 4.69) is 4.99 Å². The third-order valence-corrected chi connectivity index (χ3v) is 4.24. The molecule has 0 aliphatic carbocycles. The lowest BCUT2D eigenvalue weighted by Gasteiger charge is -2.19. The van der Waals surface area contributed by atoms with Crippen molar-refractivity contribution >= 4 is 41.4 Å².